The van der Waals surface area contributed by atoms with Crippen molar-refractivity contribution >= 4 is 11.9 Å². The molecule has 31 heavy (non-hydrogen) atoms. The Hall–Kier alpha value is -4.19. The van der Waals surface area contributed by atoms with E-state index in [1.807, 2.05) is 60.7 Å². The Morgan fingerprint density at radius 1 is 0.839 bits per heavy atom. The molecule has 0 amide bonds. The topological polar surface area (TPSA) is 70.4 Å². The van der Waals surface area contributed by atoms with Gasteiger partial charge in [0.25, 0.3) is 0 Å². The van der Waals surface area contributed by atoms with Crippen LogP contribution in [0.2, 0.25) is 0 Å². The summed E-state index contributed by atoms with van der Waals surface area (Å²) in [6.45, 7) is 0.0744. The maximum Gasteiger partial charge on any atom is 0.342 e. The number of carbonyl (C=O) groups excluding carboxylic acids is 2. The molecule has 4 rings (SSSR count). The van der Waals surface area contributed by atoms with Crippen molar-refractivity contribution in [3.05, 3.63) is 108 Å². The second kappa shape index (κ2) is 9.09. The number of hydrogen-bond acceptors (Lipinski definition) is 5. The second-order valence-corrected chi connectivity index (χ2v) is 6.80. The summed E-state index contributed by atoms with van der Waals surface area (Å²) in [7, 11) is 1.33. The van der Waals surface area contributed by atoms with Gasteiger partial charge in [-0.05, 0) is 29.8 Å². The van der Waals surface area contributed by atoms with E-state index in [2.05, 4.69) is 5.10 Å². The highest BCUT2D eigenvalue weighted by molar-refractivity contribution is 5.96. The molecule has 0 aliphatic carbocycles. The van der Waals surface area contributed by atoms with Gasteiger partial charge >= 0.3 is 11.9 Å². The number of hydrogen-bond donors (Lipinski definition) is 0. The molecule has 1 heterocycles. The van der Waals surface area contributed by atoms with Gasteiger partial charge in [0.15, 0.2) is 0 Å². The lowest BCUT2D eigenvalue weighted by Gasteiger charge is -2.06. The molecular weight excluding hydrogens is 392 g/mol. The van der Waals surface area contributed by atoms with Crippen LogP contribution in [0.4, 0.5) is 0 Å². The van der Waals surface area contributed by atoms with E-state index in [0.717, 1.165) is 16.8 Å². The minimum atomic E-state index is -0.474. The Morgan fingerprint density at radius 2 is 1.48 bits per heavy atom. The van der Waals surface area contributed by atoms with Crippen LogP contribution >= 0.6 is 0 Å². The van der Waals surface area contributed by atoms with E-state index in [0.29, 0.717) is 16.8 Å². The van der Waals surface area contributed by atoms with Crippen molar-refractivity contribution < 1.29 is 19.1 Å². The fraction of sp³-hybridized carbons (Fsp3) is 0.0800. The largest absolute Gasteiger partial charge is 0.465 e. The summed E-state index contributed by atoms with van der Waals surface area (Å²) in [6, 6.07) is 25.8. The lowest BCUT2D eigenvalue weighted by Crippen LogP contribution is -2.06. The lowest BCUT2D eigenvalue weighted by atomic mass is 10.1. The van der Waals surface area contributed by atoms with E-state index in [4.69, 9.17) is 9.47 Å². The van der Waals surface area contributed by atoms with Gasteiger partial charge in [-0.2, -0.15) is 5.10 Å². The maximum atomic E-state index is 12.9. The second-order valence-electron chi connectivity index (χ2n) is 6.80. The van der Waals surface area contributed by atoms with E-state index >= 15 is 0 Å². The Kier molecular flexibility index (Phi) is 5.89. The first-order valence-electron chi connectivity index (χ1n) is 9.70. The first-order chi connectivity index (χ1) is 15.2. The summed E-state index contributed by atoms with van der Waals surface area (Å²) in [5.41, 5.74) is 3.80. The van der Waals surface area contributed by atoms with Gasteiger partial charge in [-0.15, -0.1) is 0 Å². The zero-order valence-corrected chi connectivity index (χ0v) is 16.9. The summed E-state index contributed by atoms with van der Waals surface area (Å²) < 4.78 is 11.9. The Morgan fingerprint density at radius 3 is 2.13 bits per heavy atom. The third kappa shape index (κ3) is 4.53. The first kappa shape index (κ1) is 20.1. The minimum absolute atomic E-state index is 0.0744. The van der Waals surface area contributed by atoms with Crippen molar-refractivity contribution in [3.63, 3.8) is 0 Å². The van der Waals surface area contributed by atoms with E-state index < -0.39 is 11.9 Å². The minimum Gasteiger partial charge on any atom is -0.465 e. The standard InChI is InChI=1S/C25H20N2O4/c1-30-24(28)20-14-12-18(13-15-20)17-31-25(29)22-16-27(21-10-6-3-7-11-21)26-23(22)19-8-4-2-5-9-19/h2-16H,17H2,1H3. The van der Waals surface area contributed by atoms with Crippen LogP contribution in [0.1, 0.15) is 26.3 Å². The fourth-order valence-corrected chi connectivity index (χ4v) is 3.13. The molecule has 3 aromatic carbocycles. The van der Waals surface area contributed by atoms with Crippen LogP contribution in [0.3, 0.4) is 0 Å². The molecule has 4 aromatic rings. The van der Waals surface area contributed by atoms with Gasteiger partial charge in [0.05, 0.1) is 18.4 Å². The van der Waals surface area contributed by atoms with Gasteiger partial charge in [0.1, 0.15) is 17.9 Å². The number of para-hydroxylation sites is 1. The molecule has 1 aromatic heterocycles. The highest BCUT2D eigenvalue weighted by atomic mass is 16.5. The molecular formula is C25H20N2O4. The van der Waals surface area contributed by atoms with Crippen molar-refractivity contribution in [1.29, 1.82) is 0 Å². The molecule has 6 nitrogen and oxygen atoms in total. The van der Waals surface area contributed by atoms with E-state index in [1.54, 1.807) is 35.1 Å². The molecule has 0 saturated heterocycles. The van der Waals surface area contributed by atoms with Gasteiger partial charge in [0.2, 0.25) is 0 Å². The first-order valence-corrected chi connectivity index (χ1v) is 9.70. The predicted octanol–water partition coefficient (Wildman–Crippen LogP) is 4.68. The molecule has 0 atom stereocenters. The number of methoxy groups -OCH3 is 1. The van der Waals surface area contributed by atoms with E-state index in [1.165, 1.54) is 7.11 Å². The highest BCUT2D eigenvalue weighted by Gasteiger charge is 2.20. The Labute approximate surface area is 179 Å². The van der Waals surface area contributed by atoms with Crippen LogP contribution in [0.15, 0.2) is 91.1 Å². The number of carbonyl (C=O) groups is 2. The molecule has 0 unspecified atom stereocenters. The summed E-state index contributed by atoms with van der Waals surface area (Å²) >= 11 is 0. The molecule has 0 bridgehead atoms. The number of esters is 2. The maximum absolute atomic E-state index is 12.9. The van der Waals surface area contributed by atoms with Crippen molar-refractivity contribution in [3.8, 4) is 16.9 Å². The third-order valence-corrected chi connectivity index (χ3v) is 4.75. The molecule has 154 valence electrons. The van der Waals surface area contributed by atoms with Gasteiger partial charge in [0, 0.05) is 11.8 Å². The summed E-state index contributed by atoms with van der Waals surface area (Å²) in [5.74, 6) is -0.887. The number of ether oxygens (including phenoxy) is 2. The molecule has 0 radical (unpaired) electrons. The van der Waals surface area contributed by atoms with Gasteiger partial charge in [-0.1, -0.05) is 60.7 Å². The number of nitrogens with zero attached hydrogens (tertiary/aromatic N) is 2. The van der Waals surface area contributed by atoms with Crippen LogP contribution in [0.25, 0.3) is 16.9 Å². The van der Waals surface area contributed by atoms with Gasteiger partial charge in [-0.25, -0.2) is 14.3 Å². The SMILES string of the molecule is COC(=O)c1ccc(COC(=O)c2cn(-c3ccccc3)nc2-c2ccccc2)cc1. The van der Waals surface area contributed by atoms with Crippen LogP contribution in [-0.2, 0) is 16.1 Å². The highest BCUT2D eigenvalue weighted by Crippen LogP contribution is 2.24. The van der Waals surface area contributed by atoms with E-state index in [9.17, 15) is 9.59 Å². The third-order valence-electron chi connectivity index (χ3n) is 4.75. The van der Waals surface area contributed by atoms with Crippen molar-refractivity contribution in [2.24, 2.45) is 0 Å². The zero-order chi connectivity index (χ0) is 21.6. The molecule has 0 fully saturated rings. The molecule has 0 saturated carbocycles. The normalized spacial score (nSPS) is 10.5. The number of benzene rings is 3. The molecule has 0 spiro atoms. The van der Waals surface area contributed by atoms with Crippen molar-refractivity contribution in [2.75, 3.05) is 7.11 Å². The average molecular weight is 412 g/mol. The monoisotopic (exact) mass is 412 g/mol. The number of aromatic nitrogens is 2. The lowest BCUT2D eigenvalue weighted by molar-refractivity contribution is 0.0472. The fourth-order valence-electron chi connectivity index (χ4n) is 3.13. The molecule has 0 aliphatic heterocycles. The summed E-state index contributed by atoms with van der Waals surface area (Å²) in [6.07, 6.45) is 1.68. The molecule has 6 heteroatoms. The van der Waals surface area contributed by atoms with Crippen LogP contribution in [0.5, 0.6) is 0 Å². The van der Waals surface area contributed by atoms with Crippen LogP contribution in [-0.4, -0.2) is 28.8 Å². The van der Waals surface area contributed by atoms with E-state index in [-0.39, 0.29) is 6.61 Å². The van der Waals surface area contributed by atoms with Crippen molar-refractivity contribution in [2.45, 2.75) is 6.61 Å². The van der Waals surface area contributed by atoms with Crippen LogP contribution < -0.4 is 0 Å². The molecule has 0 N–H and O–H groups in total. The summed E-state index contributed by atoms with van der Waals surface area (Å²) in [4.78, 5) is 24.5. The molecule has 0 aliphatic rings. The average Bonchev–Trinajstić information content (AvgIpc) is 3.29. The number of rotatable bonds is 6. The van der Waals surface area contributed by atoms with Gasteiger partial charge < -0.3 is 9.47 Å². The smallest absolute Gasteiger partial charge is 0.342 e. The predicted molar refractivity (Wildman–Crippen MR) is 116 cm³/mol. The van der Waals surface area contributed by atoms with Gasteiger partial charge in [-0.3, -0.25) is 0 Å². The zero-order valence-electron chi connectivity index (χ0n) is 16.9. The summed E-state index contributed by atoms with van der Waals surface area (Å²) in [5, 5.41) is 4.63. The Bertz CT molecular complexity index is 1180. The van der Waals surface area contributed by atoms with Crippen molar-refractivity contribution in [1.82, 2.24) is 9.78 Å². The van der Waals surface area contributed by atoms with Crippen LogP contribution in [0, 0.1) is 0 Å². The quantitative estimate of drug-likeness (QED) is 0.430. The Balaban J connectivity index is 1.58.